The second-order valence-electron chi connectivity index (χ2n) is 4.09. The lowest BCUT2D eigenvalue weighted by molar-refractivity contribution is -0.0149. The molecule has 3 nitrogen and oxygen atoms in total. The van der Waals surface area contributed by atoms with Gasteiger partial charge in [0.2, 0.25) is 0 Å². The molecule has 0 aromatic carbocycles. The van der Waals surface area contributed by atoms with Crippen molar-refractivity contribution in [3.05, 3.63) is 12.2 Å². The Morgan fingerprint density at radius 3 is 2.71 bits per heavy atom. The van der Waals surface area contributed by atoms with Crippen molar-refractivity contribution in [1.82, 2.24) is 0 Å². The Morgan fingerprint density at radius 1 is 1.50 bits per heavy atom. The number of rotatable bonds is 1. The van der Waals surface area contributed by atoms with Crippen LogP contribution in [0.2, 0.25) is 0 Å². The second kappa shape index (κ2) is 4.73. The molecule has 0 aliphatic carbocycles. The van der Waals surface area contributed by atoms with Crippen LogP contribution >= 0.6 is 11.8 Å². The van der Waals surface area contributed by atoms with Crippen LogP contribution in [0.15, 0.2) is 12.2 Å². The maximum atomic E-state index is 11.2. The van der Waals surface area contributed by atoms with E-state index in [0.717, 1.165) is 11.5 Å². The van der Waals surface area contributed by atoms with Gasteiger partial charge in [-0.1, -0.05) is 6.08 Å². The van der Waals surface area contributed by atoms with Gasteiger partial charge in [-0.2, -0.15) is 11.8 Å². The van der Waals surface area contributed by atoms with Crippen LogP contribution in [0, 0.1) is 0 Å². The van der Waals surface area contributed by atoms with E-state index in [1.54, 1.807) is 11.8 Å². The van der Waals surface area contributed by atoms with E-state index in [9.17, 15) is 4.79 Å². The molecule has 0 aromatic rings. The number of hydrogen-bond acceptors (Lipinski definition) is 4. The minimum Gasteiger partial charge on any atom is -0.429 e. The fourth-order valence-electron chi connectivity index (χ4n) is 0.986. The Bertz CT molecular complexity index is 230. The Labute approximate surface area is 88.8 Å². The van der Waals surface area contributed by atoms with Crippen LogP contribution in [-0.2, 0) is 9.47 Å². The first-order valence-electron chi connectivity index (χ1n) is 4.61. The molecule has 1 rings (SSSR count). The molecule has 0 fully saturated rings. The van der Waals surface area contributed by atoms with Gasteiger partial charge in [0.1, 0.15) is 11.7 Å². The molecule has 4 heteroatoms. The van der Waals surface area contributed by atoms with Crippen molar-refractivity contribution in [2.75, 3.05) is 11.5 Å². The molecule has 0 N–H and O–H groups in total. The van der Waals surface area contributed by atoms with Gasteiger partial charge in [0.15, 0.2) is 0 Å². The summed E-state index contributed by atoms with van der Waals surface area (Å²) in [6.45, 7) is 5.46. The van der Waals surface area contributed by atoms with E-state index in [4.69, 9.17) is 9.47 Å². The zero-order chi connectivity index (χ0) is 10.6. The minimum atomic E-state index is -0.588. The monoisotopic (exact) mass is 216 g/mol. The third-order valence-electron chi connectivity index (χ3n) is 1.48. The van der Waals surface area contributed by atoms with Crippen molar-refractivity contribution < 1.29 is 14.3 Å². The topological polar surface area (TPSA) is 35.5 Å². The first-order valence-corrected chi connectivity index (χ1v) is 5.77. The lowest BCUT2D eigenvalue weighted by Crippen LogP contribution is -2.28. The Morgan fingerprint density at radius 2 is 2.21 bits per heavy atom. The van der Waals surface area contributed by atoms with E-state index in [0.29, 0.717) is 0 Å². The van der Waals surface area contributed by atoms with E-state index in [1.165, 1.54) is 0 Å². The maximum Gasteiger partial charge on any atom is 0.509 e. The third kappa shape index (κ3) is 4.56. The van der Waals surface area contributed by atoms with Crippen LogP contribution < -0.4 is 0 Å². The average Bonchev–Trinajstić information content (AvgIpc) is 2.02. The largest absolute Gasteiger partial charge is 0.509 e. The summed E-state index contributed by atoms with van der Waals surface area (Å²) in [5.41, 5.74) is -0.484. The second-order valence-corrected chi connectivity index (χ2v) is 5.16. The van der Waals surface area contributed by atoms with Crippen LogP contribution in [-0.4, -0.2) is 29.4 Å². The van der Waals surface area contributed by atoms with Gasteiger partial charge < -0.3 is 9.47 Å². The highest BCUT2D eigenvalue weighted by Gasteiger charge is 2.20. The number of thioether (sulfide) groups is 1. The molecule has 0 amide bonds. The van der Waals surface area contributed by atoms with Crippen LogP contribution in [0.1, 0.15) is 20.8 Å². The lowest BCUT2D eigenvalue weighted by atomic mass is 10.2. The fraction of sp³-hybridized carbons (Fsp3) is 0.700. The van der Waals surface area contributed by atoms with Crippen molar-refractivity contribution in [2.24, 2.45) is 0 Å². The molecule has 80 valence electrons. The van der Waals surface area contributed by atoms with Gasteiger partial charge in [0.05, 0.1) is 0 Å². The number of carbonyl (C=O) groups excluding carboxylic acids is 1. The van der Waals surface area contributed by atoms with Gasteiger partial charge in [-0.15, -0.1) is 0 Å². The Kier molecular flexibility index (Phi) is 3.86. The normalized spacial score (nSPS) is 21.8. The van der Waals surface area contributed by atoms with E-state index in [-0.39, 0.29) is 6.10 Å². The molecule has 0 bridgehead atoms. The molecule has 1 atom stereocenters. The van der Waals surface area contributed by atoms with E-state index in [2.05, 4.69) is 0 Å². The number of ether oxygens (including phenoxy) is 2. The molecule has 1 heterocycles. The standard InChI is InChI=1S/C10H16O3S/c1-10(2,3)13-9(11)12-8-5-4-6-14-7-8/h4-5,8H,6-7H2,1-3H3. The van der Waals surface area contributed by atoms with Gasteiger partial charge in [0.25, 0.3) is 0 Å². The minimum absolute atomic E-state index is 0.136. The summed E-state index contributed by atoms with van der Waals surface area (Å²) < 4.78 is 10.1. The smallest absolute Gasteiger partial charge is 0.429 e. The fourth-order valence-corrected chi connectivity index (χ4v) is 1.78. The van der Waals surface area contributed by atoms with E-state index < -0.39 is 11.8 Å². The molecule has 0 spiro atoms. The quantitative estimate of drug-likeness (QED) is 0.498. The molecule has 0 aromatic heterocycles. The highest BCUT2D eigenvalue weighted by molar-refractivity contribution is 7.99. The Balaban J connectivity index is 2.33. The zero-order valence-corrected chi connectivity index (χ0v) is 9.60. The van der Waals surface area contributed by atoms with Crippen molar-refractivity contribution in [1.29, 1.82) is 0 Å². The summed E-state index contributed by atoms with van der Waals surface area (Å²) in [7, 11) is 0. The SMILES string of the molecule is CC(C)(C)OC(=O)OC1C=CCSC1. The summed E-state index contributed by atoms with van der Waals surface area (Å²) in [5.74, 6) is 1.81. The molecule has 0 saturated heterocycles. The van der Waals surface area contributed by atoms with Crippen molar-refractivity contribution in [3.63, 3.8) is 0 Å². The lowest BCUT2D eigenvalue weighted by Gasteiger charge is -2.22. The highest BCUT2D eigenvalue weighted by atomic mass is 32.2. The Hall–Kier alpha value is -0.640. The molecule has 14 heavy (non-hydrogen) atoms. The summed E-state index contributed by atoms with van der Waals surface area (Å²) >= 11 is 1.74. The van der Waals surface area contributed by atoms with E-state index in [1.807, 2.05) is 32.9 Å². The maximum absolute atomic E-state index is 11.2. The molecule has 0 saturated carbocycles. The van der Waals surface area contributed by atoms with Gasteiger partial charge in [-0.3, -0.25) is 0 Å². The highest BCUT2D eigenvalue weighted by Crippen LogP contribution is 2.15. The van der Waals surface area contributed by atoms with Gasteiger partial charge >= 0.3 is 6.16 Å². The summed E-state index contributed by atoms with van der Waals surface area (Å²) in [5, 5.41) is 0. The number of hydrogen-bond donors (Lipinski definition) is 0. The zero-order valence-electron chi connectivity index (χ0n) is 8.78. The predicted molar refractivity (Wildman–Crippen MR) is 57.6 cm³/mol. The van der Waals surface area contributed by atoms with Crippen molar-refractivity contribution in [2.45, 2.75) is 32.5 Å². The van der Waals surface area contributed by atoms with Crippen molar-refractivity contribution >= 4 is 17.9 Å². The molecular weight excluding hydrogens is 200 g/mol. The average molecular weight is 216 g/mol. The van der Waals surface area contributed by atoms with Crippen molar-refractivity contribution in [3.8, 4) is 0 Å². The van der Waals surface area contributed by atoms with Crippen LogP contribution in [0.4, 0.5) is 4.79 Å². The molecule has 0 radical (unpaired) electrons. The molecule has 1 aliphatic heterocycles. The van der Waals surface area contributed by atoms with Gasteiger partial charge in [-0.05, 0) is 26.8 Å². The van der Waals surface area contributed by atoms with Gasteiger partial charge in [-0.25, -0.2) is 4.79 Å². The van der Waals surface area contributed by atoms with Crippen LogP contribution in [0.5, 0.6) is 0 Å². The predicted octanol–water partition coefficient (Wildman–Crippen LogP) is 2.61. The van der Waals surface area contributed by atoms with Crippen LogP contribution in [0.3, 0.4) is 0 Å². The first kappa shape index (κ1) is 11.4. The first-order chi connectivity index (χ1) is 6.47. The molecule has 1 unspecified atom stereocenters. The van der Waals surface area contributed by atoms with Crippen LogP contribution in [0.25, 0.3) is 0 Å². The van der Waals surface area contributed by atoms with Gasteiger partial charge in [0, 0.05) is 11.5 Å². The molecular formula is C10H16O3S. The van der Waals surface area contributed by atoms with E-state index >= 15 is 0 Å². The third-order valence-corrected chi connectivity index (χ3v) is 2.48. The number of carbonyl (C=O) groups is 1. The molecule has 1 aliphatic rings. The summed E-state index contributed by atoms with van der Waals surface area (Å²) in [4.78, 5) is 11.2. The summed E-state index contributed by atoms with van der Waals surface area (Å²) in [6, 6.07) is 0. The summed E-state index contributed by atoms with van der Waals surface area (Å²) in [6.07, 6.45) is 3.18.